The van der Waals surface area contributed by atoms with Crippen LogP contribution in [-0.4, -0.2) is 0 Å². The number of oxazole rings is 1. The first-order valence-corrected chi connectivity index (χ1v) is 11.2. The van der Waals surface area contributed by atoms with E-state index in [1.54, 1.807) is 11.3 Å². The van der Waals surface area contributed by atoms with Crippen LogP contribution < -0.4 is 4.57 Å². The Morgan fingerprint density at radius 3 is 2.32 bits per heavy atom. The zero-order chi connectivity index (χ0) is 20.7. The Balaban J connectivity index is 1.61. The van der Waals surface area contributed by atoms with Crippen molar-refractivity contribution in [1.29, 1.82) is 0 Å². The summed E-state index contributed by atoms with van der Waals surface area (Å²) < 4.78 is 16.5. The van der Waals surface area contributed by atoms with Crippen LogP contribution in [0, 0.1) is 6.92 Å². The normalized spacial score (nSPS) is 12.2. The molecule has 7 rings (SSSR count). The van der Waals surface area contributed by atoms with Crippen molar-refractivity contribution in [2.75, 3.05) is 0 Å². The first-order chi connectivity index (χ1) is 15.2. The summed E-state index contributed by atoms with van der Waals surface area (Å²) in [4.78, 5) is 1.13. The Labute approximate surface area is 181 Å². The van der Waals surface area contributed by atoms with Crippen molar-refractivity contribution in [2.24, 2.45) is 7.05 Å². The van der Waals surface area contributed by atoms with Crippen LogP contribution in [0.2, 0.25) is 0 Å². The Kier molecular flexibility index (Phi) is 3.29. The lowest BCUT2D eigenvalue weighted by atomic mass is 10.0. The molecule has 0 saturated heterocycles. The largest absolute Gasteiger partial charge is 0.454 e. The number of benzene rings is 4. The smallest absolute Gasteiger partial charge is 0.386 e. The first kappa shape index (κ1) is 17.1. The molecule has 0 unspecified atom stereocenters. The molecule has 7 aromatic rings. The molecule has 148 valence electrons. The molecule has 0 aliphatic heterocycles. The van der Waals surface area contributed by atoms with Gasteiger partial charge in [0.05, 0.1) is 0 Å². The number of furan rings is 1. The van der Waals surface area contributed by atoms with Crippen molar-refractivity contribution >= 4 is 64.5 Å². The second kappa shape index (κ2) is 5.96. The first-order valence-electron chi connectivity index (χ1n) is 10.3. The minimum Gasteiger partial charge on any atom is -0.454 e. The highest BCUT2D eigenvalue weighted by Gasteiger charge is 2.29. The fraction of sp³-hybridized carbons (Fsp3) is 0.0741. The maximum Gasteiger partial charge on any atom is 0.386 e. The monoisotopic (exact) mass is 420 g/mol. The third-order valence-corrected chi connectivity index (χ3v) is 7.52. The predicted octanol–water partition coefficient (Wildman–Crippen LogP) is 7.50. The van der Waals surface area contributed by atoms with E-state index in [1.807, 2.05) is 0 Å². The molecule has 0 aliphatic carbocycles. The average molecular weight is 421 g/mol. The summed E-state index contributed by atoms with van der Waals surface area (Å²) in [6, 6.07) is 25.4. The zero-order valence-electron chi connectivity index (χ0n) is 17.1. The van der Waals surface area contributed by atoms with E-state index in [0.717, 1.165) is 60.1 Å². The van der Waals surface area contributed by atoms with E-state index >= 15 is 0 Å². The van der Waals surface area contributed by atoms with E-state index in [9.17, 15) is 0 Å². The Hall–Kier alpha value is -3.63. The molecule has 4 heteroatoms. The molecule has 4 aromatic carbocycles. The number of nitrogens with zero attached hydrogens (tertiary/aromatic N) is 1. The van der Waals surface area contributed by atoms with Gasteiger partial charge in [0.2, 0.25) is 5.58 Å². The van der Waals surface area contributed by atoms with E-state index in [2.05, 4.69) is 91.3 Å². The number of rotatable bonds is 1. The molecule has 3 heterocycles. The van der Waals surface area contributed by atoms with Crippen molar-refractivity contribution in [3.63, 3.8) is 0 Å². The van der Waals surface area contributed by atoms with Crippen LogP contribution in [-0.2, 0) is 7.05 Å². The lowest BCUT2D eigenvalue weighted by Gasteiger charge is -2.00. The van der Waals surface area contributed by atoms with Crippen molar-refractivity contribution in [1.82, 2.24) is 0 Å². The van der Waals surface area contributed by atoms with E-state index in [4.69, 9.17) is 8.83 Å². The molecule has 31 heavy (non-hydrogen) atoms. The summed E-state index contributed by atoms with van der Waals surface area (Å²) in [5, 5.41) is 5.73. The van der Waals surface area contributed by atoms with E-state index in [1.165, 1.54) is 10.1 Å². The minimum atomic E-state index is 0.832. The van der Waals surface area contributed by atoms with Gasteiger partial charge >= 0.3 is 10.7 Å². The lowest BCUT2D eigenvalue weighted by Crippen LogP contribution is -2.28. The van der Waals surface area contributed by atoms with Gasteiger partial charge in [-0.3, -0.25) is 0 Å². The van der Waals surface area contributed by atoms with Gasteiger partial charge < -0.3 is 8.83 Å². The number of hydrogen-bond acceptors (Lipinski definition) is 3. The number of fused-ring (bicyclic) bond motifs is 8. The van der Waals surface area contributed by atoms with E-state index in [-0.39, 0.29) is 0 Å². The van der Waals surface area contributed by atoms with Gasteiger partial charge in [-0.05, 0) is 36.1 Å². The molecule has 0 N–H and O–H groups in total. The fourth-order valence-corrected chi connectivity index (χ4v) is 5.83. The summed E-state index contributed by atoms with van der Waals surface area (Å²) in [5.41, 5.74) is 4.91. The zero-order valence-corrected chi connectivity index (χ0v) is 17.9. The van der Waals surface area contributed by atoms with E-state index in [0.29, 0.717) is 0 Å². The molecule has 0 atom stereocenters. The van der Waals surface area contributed by atoms with Crippen LogP contribution in [0.5, 0.6) is 0 Å². The molecule has 0 bridgehead atoms. The second-order valence-electron chi connectivity index (χ2n) is 8.10. The van der Waals surface area contributed by atoms with E-state index < -0.39 is 0 Å². The highest BCUT2D eigenvalue weighted by atomic mass is 32.1. The van der Waals surface area contributed by atoms with Crippen LogP contribution in [0.25, 0.3) is 64.7 Å². The summed E-state index contributed by atoms with van der Waals surface area (Å²) in [6.07, 6.45) is 0. The molecular weight excluding hydrogens is 402 g/mol. The molecule has 0 radical (unpaired) electrons. The van der Waals surface area contributed by atoms with Crippen LogP contribution in [0.4, 0.5) is 0 Å². The third-order valence-electron chi connectivity index (χ3n) is 6.29. The Morgan fingerprint density at radius 2 is 1.42 bits per heavy atom. The topological polar surface area (TPSA) is 30.2 Å². The molecule has 0 amide bonds. The summed E-state index contributed by atoms with van der Waals surface area (Å²) in [5.74, 6) is 0.832. The third kappa shape index (κ3) is 2.20. The predicted molar refractivity (Wildman–Crippen MR) is 128 cm³/mol. The lowest BCUT2D eigenvalue weighted by molar-refractivity contribution is -0.635. The van der Waals surface area contributed by atoms with Crippen LogP contribution in [0.15, 0.2) is 81.6 Å². The number of aromatic nitrogens is 1. The summed E-state index contributed by atoms with van der Waals surface area (Å²) >= 11 is 1.76. The molecule has 3 nitrogen and oxygen atoms in total. The molecule has 3 aromatic heterocycles. The molecule has 0 fully saturated rings. The van der Waals surface area contributed by atoms with Gasteiger partial charge in [-0.25, -0.2) is 0 Å². The highest BCUT2D eigenvalue weighted by molar-refractivity contribution is 7.25. The number of aryl methyl sites for hydroxylation is 2. The highest BCUT2D eigenvalue weighted by Crippen LogP contribution is 2.41. The van der Waals surface area contributed by atoms with Crippen molar-refractivity contribution in [3.05, 3.63) is 78.4 Å². The SMILES string of the molecule is Cc1ccc2c(oc3c4ccccc4ccc23)c1-c1oc2c3ccccc3sc2[n+]1C. The second-order valence-corrected chi connectivity index (χ2v) is 9.13. The molecule has 0 spiro atoms. The standard InChI is InChI=1S/C27H18NO2S/c1-15-11-13-19-18-14-12-16-7-3-4-8-17(16)23(18)29-24(19)22(15)26-28(2)27-25(30-26)20-9-5-6-10-21(20)31-27/h3-14H,1-2H3/q+1. The van der Waals surface area contributed by atoms with Crippen molar-refractivity contribution < 1.29 is 13.4 Å². The van der Waals surface area contributed by atoms with Gasteiger partial charge in [-0.2, -0.15) is 0 Å². The Bertz CT molecular complexity index is 1820. The maximum atomic E-state index is 6.58. The molecular formula is C27H18NO2S+. The number of hydrogen-bond donors (Lipinski definition) is 0. The van der Waals surface area contributed by atoms with Gasteiger partial charge in [-0.15, -0.1) is 4.57 Å². The molecule has 0 aliphatic rings. The van der Waals surface area contributed by atoms with Gasteiger partial charge in [-0.1, -0.05) is 65.9 Å². The Morgan fingerprint density at radius 1 is 0.677 bits per heavy atom. The van der Waals surface area contributed by atoms with Crippen molar-refractivity contribution in [3.8, 4) is 11.5 Å². The maximum absolute atomic E-state index is 6.58. The van der Waals surface area contributed by atoms with Crippen LogP contribution >= 0.6 is 11.3 Å². The quantitative estimate of drug-likeness (QED) is 0.257. The fourth-order valence-electron chi connectivity index (χ4n) is 4.74. The number of thiophene rings is 1. The molecule has 0 saturated carbocycles. The van der Waals surface area contributed by atoms with Gasteiger partial charge in [0.1, 0.15) is 18.2 Å². The van der Waals surface area contributed by atoms with Gasteiger partial charge in [0.15, 0.2) is 5.58 Å². The van der Waals surface area contributed by atoms with Gasteiger partial charge in [0, 0.05) is 26.2 Å². The van der Waals surface area contributed by atoms with Crippen LogP contribution in [0.1, 0.15) is 5.56 Å². The van der Waals surface area contributed by atoms with Crippen LogP contribution in [0.3, 0.4) is 0 Å². The summed E-state index contributed by atoms with van der Waals surface area (Å²) in [6.45, 7) is 2.12. The summed E-state index contributed by atoms with van der Waals surface area (Å²) in [7, 11) is 2.08. The van der Waals surface area contributed by atoms with Crippen molar-refractivity contribution in [2.45, 2.75) is 6.92 Å². The van der Waals surface area contributed by atoms with Gasteiger partial charge in [0.25, 0.3) is 0 Å². The minimum absolute atomic E-state index is 0.832. The average Bonchev–Trinajstić information content (AvgIpc) is 3.45.